The summed E-state index contributed by atoms with van der Waals surface area (Å²) in [6.07, 6.45) is 3.20. The van der Waals surface area contributed by atoms with E-state index < -0.39 is 22.8 Å². The van der Waals surface area contributed by atoms with Gasteiger partial charge in [-0.2, -0.15) is 0 Å². The van der Waals surface area contributed by atoms with Crippen molar-refractivity contribution in [2.24, 2.45) is 0 Å². The second kappa shape index (κ2) is 9.30. The maximum absolute atomic E-state index is 13.2. The molecule has 1 aromatic heterocycles. The second-order valence-corrected chi connectivity index (χ2v) is 8.31. The van der Waals surface area contributed by atoms with Crippen LogP contribution >= 0.6 is 0 Å². The average Bonchev–Trinajstić information content (AvgIpc) is 3.22. The SMILES string of the molecule is O=C1NC(=O)N(Cc2ccccc2)C(=O)/C1=C/c1cn(Cc2ccccc2[N+](=O)[O-])c2ccccc12. The highest BCUT2D eigenvalue weighted by Gasteiger charge is 2.35. The lowest BCUT2D eigenvalue weighted by atomic mass is 10.1. The molecule has 0 bridgehead atoms. The molecule has 1 N–H and O–H groups in total. The fraction of sp³-hybridized carbons (Fsp3) is 0.0741. The molecule has 1 aliphatic rings. The van der Waals surface area contributed by atoms with Crippen LogP contribution in [0.3, 0.4) is 0 Å². The Bertz CT molecular complexity index is 1550. The Morgan fingerprint density at radius 1 is 0.861 bits per heavy atom. The van der Waals surface area contributed by atoms with Crippen molar-refractivity contribution in [1.29, 1.82) is 0 Å². The highest BCUT2D eigenvalue weighted by molar-refractivity contribution is 6.31. The van der Waals surface area contributed by atoms with Crippen LogP contribution in [0.15, 0.2) is 90.6 Å². The van der Waals surface area contributed by atoms with Gasteiger partial charge in [0, 0.05) is 34.3 Å². The average molecular weight is 480 g/mol. The maximum atomic E-state index is 13.2. The van der Waals surface area contributed by atoms with Gasteiger partial charge in [-0.25, -0.2) is 4.79 Å². The molecule has 178 valence electrons. The normalized spacial score (nSPS) is 14.9. The molecule has 0 radical (unpaired) electrons. The first kappa shape index (κ1) is 22.7. The number of carbonyl (C=O) groups is 3. The minimum atomic E-state index is -0.773. The minimum absolute atomic E-state index is 0.00656. The molecule has 2 heterocycles. The van der Waals surface area contributed by atoms with Crippen molar-refractivity contribution in [1.82, 2.24) is 14.8 Å². The highest BCUT2D eigenvalue weighted by atomic mass is 16.6. The molecule has 4 amide bonds. The first-order valence-electron chi connectivity index (χ1n) is 11.2. The third-order valence-electron chi connectivity index (χ3n) is 6.02. The van der Waals surface area contributed by atoms with Crippen LogP contribution in [-0.4, -0.2) is 32.2 Å². The molecule has 5 rings (SSSR count). The van der Waals surface area contributed by atoms with Crippen molar-refractivity contribution in [3.63, 3.8) is 0 Å². The number of rotatable bonds is 6. The Kier molecular flexibility index (Phi) is 5.87. The number of urea groups is 1. The minimum Gasteiger partial charge on any atom is -0.342 e. The molecule has 4 aromatic rings. The molecular weight excluding hydrogens is 460 g/mol. The van der Waals surface area contributed by atoms with Crippen LogP contribution in [0.1, 0.15) is 16.7 Å². The van der Waals surface area contributed by atoms with Crippen LogP contribution in [0.25, 0.3) is 17.0 Å². The summed E-state index contributed by atoms with van der Waals surface area (Å²) in [4.78, 5) is 50.3. The molecule has 0 aliphatic carbocycles. The number of nitrogens with one attached hydrogen (secondary N) is 1. The lowest BCUT2D eigenvalue weighted by molar-refractivity contribution is -0.385. The third-order valence-corrected chi connectivity index (χ3v) is 6.02. The first-order valence-corrected chi connectivity index (χ1v) is 11.2. The molecule has 0 unspecified atom stereocenters. The van der Waals surface area contributed by atoms with E-state index in [1.165, 1.54) is 12.1 Å². The van der Waals surface area contributed by atoms with E-state index in [2.05, 4.69) is 5.32 Å². The van der Waals surface area contributed by atoms with Gasteiger partial charge in [-0.3, -0.25) is 29.9 Å². The van der Waals surface area contributed by atoms with Crippen LogP contribution < -0.4 is 5.32 Å². The Morgan fingerprint density at radius 3 is 2.33 bits per heavy atom. The molecule has 9 heteroatoms. The summed E-state index contributed by atoms with van der Waals surface area (Å²) in [5.41, 5.74) is 2.47. The number of benzene rings is 3. The van der Waals surface area contributed by atoms with Gasteiger partial charge in [0.15, 0.2) is 0 Å². The number of aromatic nitrogens is 1. The number of hydrogen-bond donors (Lipinski definition) is 1. The number of barbiturate groups is 1. The number of amides is 4. The summed E-state index contributed by atoms with van der Waals surface area (Å²) in [6.45, 7) is 0.245. The molecule has 3 aromatic carbocycles. The van der Waals surface area contributed by atoms with Crippen LogP contribution in [0.4, 0.5) is 10.5 Å². The summed E-state index contributed by atoms with van der Waals surface area (Å²) in [5.74, 6) is -1.46. The molecule has 0 saturated carbocycles. The van der Waals surface area contributed by atoms with E-state index in [0.717, 1.165) is 21.4 Å². The molecule has 36 heavy (non-hydrogen) atoms. The predicted molar refractivity (Wildman–Crippen MR) is 133 cm³/mol. The highest BCUT2D eigenvalue weighted by Crippen LogP contribution is 2.28. The van der Waals surface area contributed by atoms with Crippen molar-refractivity contribution in [3.05, 3.63) is 117 Å². The number of para-hydroxylation sites is 2. The van der Waals surface area contributed by atoms with E-state index in [0.29, 0.717) is 11.1 Å². The van der Waals surface area contributed by atoms with Gasteiger partial charge >= 0.3 is 6.03 Å². The molecule has 1 saturated heterocycles. The topological polar surface area (TPSA) is 115 Å². The van der Waals surface area contributed by atoms with Gasteiger partial charge in [0.1, 0.15) is 5.57 Å². The number of carbonyl (C=O) groups excluding carboxylic acids is 3. The molecular formula is C27H20N4O5. The standard InChI is InChI=1S/C27H20N4O5/c32-25-22(26(33)30(27(34)28-25)15-18-8-2-1-3-9-18)14-20-17-29(24-13-7-5-11-21(20)24)16-19-10-4-6-12-23(19)31(35)36/h1-14,17H,15-16H2,(H,28,32,34)/b22-14+. The number of nitro benzene ring substituents is 1. The maximum Gasteiger partial charge on any atom is 0.331 e. The zero-order valence-electron chi connectivity index (χ0n) is 19.0. The molecule has 1 aliphatic heterocycles. The number of imide groups is 2. The second-order valence-electron chi connectivity index (χ2n) is 8.31. The lowest BCUT2D eigenvalue weighted by Gasteiger charge is -2.26. The van der Waals surface area contributed by atoms with Crippen molar-refractivity contribution < 1.29 is 19.3 Å². The number of fused-ring (bicyclic) bond motifs is 1. The van der Waals surface area contributed by atoms with Gasteiger partial charge in [-0.15, -0.1) is 0 Å². The van der Waals surface area contributed by atoms with Crippen LogP contribution in [-0.2, 0) is 22.7 Å². The summed E-state index contributed by atoms with van der Waals surface area (Å²) in [6, 6.07) is 22.1. The van der Waals surface area contributed by atoms with Gasteiger partial charge < -0.3 is 4.57 Å². The monoisotopic (exact) mass is 480 g/mol. The Hall–Kier alpha value is -5.05. The van der Waals surface area contributed by atoms with Gasteiger partial charge in [-0.05, 0) is 17.7 Å². The summed E-state index contributed by atoms with van der Waals surface area (Å²) in [7, 11) is 0. The molecule has 0 spiro atoms. The Labute approximate surface area is 205 Å². The Balaban J connectivity index is 1.53. The van der Waals surface area contributed by atoms with Gasteiger partial charge in [0.2, 0.25) is 0 Å². The van der Waals surface area contributed by atoms with E-state index in [4.69, 9.17) is 0 Å². The zero-order valence-corrected chi connectivity index (χ0v) is 19.0. The number of hydrogen-bond acceptors (Lipinski definition) is 5. The van der Waals surface area contributed by atoms with Crippen LogP contribution in [0, 0.1) is 10.1 Å². The van der Waals surface area contributed by atoms with E-state index >= 15 is 0 Å². The van der Waals surface area contributed by atoms with Gasteiger partial charge in [-0.1, -0.05) is 66.7 Å². The van der Waals surface area contributed by atoms with Crippen LogP contribution in [0.5, 0.6) is 0 Å². The predicted octanol–water partition coefficient (Wildman–Crippen LogP) is 4.26. The van der Waals surface area contributed by atoms with Gasteiger partial charge in [0.05, 0.1) is 18.0 Å². The summed E-state index contributed by atoms with van der Waals surface area (Å²) >= 11 is 0. The molecule has 0 atom stereocenters. The summed E-state index contributed by atoms with van der Waals surface area (Å²) in [5, 5.41) is 14.5. The fourth-order valence-corrected chi connectivity index (χ4v) is 4.29. The summed E-state index contributed by atoms with van der Waals surface area (Å²) < 4.78 is 1.84. The van der Waals surface area contributed by atoms with Crippen LogP contribution in [0.2, 0.25) is 0 Å². The zero-order chi connectivity index (χ0) is 25.2. The molecule has 1 fully saturated rings. The smallest absolute Gasteiger partial charge is 0.331 e. The van der Waals surface area contributed by atoms with Crippen molar-refractivity contribution in [2.45, 2.75) is 13.1 Å². The van der Waals surface area contributed by atoms with Crippen molar-refractivity contribution in [2.75, 3.05) is 0 Å². The number of nitrogens with zero attached hydrogens (tertiary/aromatic N) is 3. The van der Waals surface area contributed by atoms with E-state index in [-0.39, 0.29) is 24.4 Å². The van der Waals surface area contributed by atoms with Crippen molar-refractivity contribution >= 4 is 40.5 Å². The third kappa shape index (κ3) is 4.25. The fourth-order valence-electron chi connectivity index (χ4n) is 4.29. The van der Waals surface area contributed by atoms with E-state index in [1.54, 1.807) is 48.7 Å². The van der Waals surface area contributed by atoms with E-state index in [1.807, 2.05) is 34.9 Å². The Morgan fingerprint density at radius 2 is 1.56 bits per heavy atom. The van der Waals surface area contributed by atoms with Crippen molar-refractivity contribution in [3.8, 4) is 0 Å². The number of nitro groups is 1. The lowest BCUT2D eigenvalue weighted by Crippen LogP contribution is -2.53. The van der Waals surface area contributed by atoms with E-state index in [9.17, 15) is 24.5 Å². The van der Waals surface area contributed by atoms with Gasteiger partial charge in [0.25, 0.3) is 17.5 Å². The first-order chi connectivity index (χ1) is 17.4. The quantitative estimate of drug-likeness (QED) is 0.192. The largest absolute Gasteiger partial charge is 0.342 e. The molecule has 9 nitrogen and oxygen atoms in total.